The quantitative estimate of drug-likeness (QED) is 0.308. The summed E-state index contributed by atoms with van der Waals surface area (Å²) < 4.78 is 27.1. The van der Waals surface area contributed by atoms with Crippen molar-refractivity contribution in [2.45, 2.75) is 31.8 Å². The average molecular weight is 621 g/mol. The fourth-order valence-corrected chi connectivity index (χ4v) is 5.70. The van der Waals surface area contributed by atoms with Crippen LogP contribution in [0.3, 0.4) is 0 Å². The third-order valence-corrected chi connectivity index (χ3v) is 7.97. The van der Waals surface area contributed by atoms with Gasteiger partial charge in [-0.05, 0) is 53.9 Å². The van der Waals surface area contributed by atoms with Crippen molar-refractivity contribution in [3.63, 3.8) is 0 Å². The lowest BCUT2D eigenvalue weighted by Crippen LogP contribution is -2.49. The van der Waals surface area contributed by atoms with E-state index in [2.05, 4.69) is 21.2 Å². The molecule has 0 fully saturated rings. The molecule has 0 heterocycles. The number of amides is 2. The first kappa shape index (κ1) is 29.7. The molecule has 1 N–H and O–H groups in total. The zero-order valence-corrected chi connectivity index (χ0v) is 24.5. The number of hydrogen-bond donors (Lipinski definition) is 1. The number of anilines is 1. The van der Waals surface area contributed by atoms with Crippen LogP contribution in [0.15, 0.2) is 83.3 Å². The van der Waals surface area contributed by atoms with Gasteiger partial charge in [0, 0.05) is 42.5 Å². The van der Waals surface area contributed by atoms with Crippen LogP contribution >= 0.6 is 27.5 Å². The van der Waals surface area contributed by atoms with Crippen LogP contribution in [0.1, 0.15) is 24.0 Å². The molecule has 0 saturated carbocycles. The van der Waals surface area contributed by atoms with Crippen molar-refractivity contribution in [2.75, 3.05) is 24.2 Å². The van der Waals surface area contributed by atoms with Gasteiger partial charge in [-0.1, -0.05) is 70.0 Å². The molecule has 38 heavy (non-hydrogen) atoms. The number of likely N-dealkylation sites (N-methyl/N-ethyl adjacent to an activating group) is 1. The largest absolute Gasteiger partial charge is 0.357 e. The Kier molecular flexibility index (Phi) is 10.8. The van der Waals surface area contributed by atoms with Crippen molar-refractivity contribution < 1.29 is 18.0 Å². The van der Waals surface area contributed by atoms with Gasteiger partial charge >= 0.3 is 0 Å². The number of nitrogens with zero attached hydrogens (tertiary/aromatic N) is 2. The van der Waals surface area contributed by atoms with Crippen molar-refractivity contribution in [1.29, 1.82) is 0 Å². The van der Waals surface area contributed by atoms with Crippen molar-refractivity contribution in [3.8, 4) is 0 Å². The second-order valence-corrected chi connectivity index (χ2v) is 12.1. The van der Waals surface area contributed by atoms with Crippen LogP contribution in [0.4, 0.5) is 5.69 Å². The molecule has 10 heteroatoms. The molecule has 1 atom stereocenters. The van der Waals surface area contributed by atoms with Crippen LogP contribution in [-0.4, -0.2) is 51.0 Å². The average Bonchev–Trinajstić information content (AvgIpc) is 2.88. The highest BCUT2D eigenvalue weighted by molar-refractivity contribution is 9.10. The Morgan fingerprint density at radius 3 is 2.24 bits per heavy atom. The van der Waals surface area contributed by atoms with E-state index < -0.39 is 16.1 Å². The first-order valence-corrected chi connectivity index (χ1v) is 15.1. The van der Waals surface area contributed by atoms with Crippen molar-refractivity contribution in [1.82, 2.24) is 10.2 Å². The molecule has 0 saturated heterocycles. The standard InChI is InChI=1S/C28H31BrClN3O4S/c1-31-28(35)26(19-21-8-4-3-5-9-21)32(20-22-10-6-11-23(29)18-22)27(34)12-7-17-33(38(2,36)37)25-15-13-24(30)14-16-25/h3-6,8-11,13-16,18,26H,7,12,17,19-20H2,1-2H3,(H,31,35)/t26-/m0/s1. The lowest BCUT2D eigenvalue weighted by molar-refractivity contribution is -0.141. The van der Waals surface area contributed by atoms with E-state index in [1.54, 1.807) is 36.2 Å². The number of hydrogen-bond acceptors (Lipinski definition) is 4. The van der Waals surface area contributed by atoms with Gasteiger partial charge in [0.2, 0.25) is 21.8 Å². The molecule has 0 aromatic heterocycles. The van der Waals surface area contributed by atoms with Crippen molar-refractivity contribution in [2.24, 2.45) is 0 Å². The Morgan fingerprint density at radius 1 is 0.974 bits per heavy atom. The molecular formula is C28H31BrClN3O4S. The van der Waals surface area contributed by atoms with E-state index in [9.17, 15) is 18.0 Å². The monoisotopic (exact) mass is 619 g/mol. The van der Waals surface area contributed by atoms with Crippen LogP contribution in [0, 0.1) is 0 Å². The Hall–Kier alpha value is -2.88. The fourth-order valence-electron chi connectivity index (χ4n) is 4.16. The summed E-state index contributed by atoms with van der Waals surface area (Å²) in [6.45, 7) is 0.344. The molecule has 0 bridgehead atoms. The molecule has 0 unspecified atom stereocenters. The number of carbonyl (C=O) groups excluding carboxylic acids is 2. The van der Waals surface area contributed by atoms with Crippen molar-refractivity contribution in [3.05, 3.63) is 99.5 Å². The highest BCUT2D eigenvalue weighted by Gasteiger charge is 2.30. The van der Waals surface area contributed by atoms with Gasteiger partial charge in [-0.3, -0.25) is 13.9 Å². The maximum Gasteiger partial charge on any atom is 0.242 e. The van der Waals surface area contributed by atoms with Gasteiger partial charge in [-0.15, -0.1) is 0 Å². The Balaban J connectivity index is 1.84. The summed E-state index contributed by atoms with van der Waals surface area (Å²) >= 11 is 9.43. The molecule has 0 aliphatic carbocycles. The Morgan fingerprint density at radius 2 is 1.63 bits per heavy atom. The summed E-state index contributed by atoms with van der Waals surface area (Å²) in [5.74, 6) is -0.504. The zero-order chi connectivity index (χ0) is 27.7. The van der Waals surface area contributed by atoms with E-state index in [1.807, 2.05) is 54.6 Å². The summed E-state index contributed by atoms with van der Waals surface area (Å²) in [5, 5.41) is 3.20. The highest BCUT2D eigenvalue weighted by Crippen LogP contribution is 2.22. The van der Waals surface area contributed by atoms with Gasteiger partial charge in [-0.25, -0.2) is 8.42 Å². The van der Waals surface area contributed by atoms with Gasteiger partial charge in [0.25, 0.3) is 0 Å². The van der Waals surface area contributed by atoms with E-state index in [4.69, 9.17) is 11.6 Å². The molecule has 3 rings (SSSR count). The minimum absolute atomic E-state index is 0.0654. The summed E-state index contributed by atoms with van der Waals surface area (Å²) in [6, 6.07) is 22.9. The number of rotatable bonds is 12. The lowest BCUT2D eigenvalue weighted by atomic mass is 10.0. The van der Waals surface area contributed by atoms with Crippen molar-refractivity contribution >= 4 is 55.1 Å². The molecular weight excluding hydrogens is 590 g/mol. The second-order valence-electron chi connectivity index (χ2n) is 8.89. The van der Waals surface area contributed by atoms with Gasteiger partial charge in [0.05, 0.1) is 11.9 Å². The third-order valence-electron chi connectivity index (χ3n) is 6.03. The van der Waals surface area contributed by atoms with Crippen LogP contribution in [0.5, 0.6) is 0 Å². The van der Waals surface area contributed by atoms with Gasteiger partial charge in [0.15, 0.2) is 0 Å². The van der Waals surface area contributed by atoms with E-state index in [1.165, 1.54) is 4.31 Å². The smallest absolute Gasteiger partial charge is 0.242 e. The number of carbonyl (C=O) groups is 2. The minimum Gasteiger partial charge on any atom is -0.357 e. The maximum atomic E-state index is 13.6. The minimum atomic E-state index is -3.58. The maximum absolute atomic E-state index is 13.6. The topological polar surface area (TPSA) is 86.8 Å². The molecule has 0 radical (unpaired) electrons. The Labute approximate surface area is 238 Å². The third kappa shape index (κ3) is 8.58. The first-order valence-electron chi connectivity index (χ1n) is 12.1. The SMILES string of the molecule is CNC(=O)[C@H](Cc1ccccc1)N(Cc1cccc(Br)c1)C(=O)CCCN(c1ccc(Cl)cc1)S(C)(=O)=O. The zero-order valence-electron chi connectivity index (χ0n) is 21.3. The first-order chi connectivity index (χ1) is 18.1. The van der Waals surface area contributed by atoms with E-state index >= 15 is 0 Å². The predicted molar refractivity (Wildman–Crippen MR) is 156 cm³/mol. The summed E-state index contributed by atoms with van der Waals surface area (Å²) in [5.41, 5.74) is 2.27. The van der Waals surface area contributed by atoms with E-state index in [0.717, 1.165) is 21.9 Å². The summed E-state index contributed by atoms with van der Waals surface area (Å²) in [7, 11) is -2.03. The van der Waals surface area contributed by atoms with Crippen LogP contribution < -0.4 is 9.62 Å². The molecule has 202 valence electrons. The highest BCUT2D eigenvalue weighted by atomic mass is 79.9. The number of benzene rings is 3. The molecule has 0 spiro atoms. The second kappa shape index (κ2) is 13.8. The van der Waals surface area contributed by atoms with Crippen LogP contribution in [-0.2, 0) is 32.6 Å². The van der Waals surface area contributed by atoms with Gasteiger partial charge in [-0.2, -0.15) is 0 Å². The van der Waals surface area contributed by atoms with E-state index in [-0.39, 0.29) is 37.7 Å². The number of sulfonamides is 1. The molecule has 7 nitrogen and oxygen atoms in total. The number of nitrogens with one attached hydrogen (secondary N) is 1. The van der Waals surface area contributed by atoms with Crippen LogP contribution in [0.2, 0.25) is 5.02 Å². The fraction of sp³-hybridized carbons (Fsp3) is 0.286. The number of halogens is 2. The molecule has 3 aromatic rings. The van der Waals surface area contributed by atoms with Gasteiger partial charge in [0.1, 0.15) is 6.04 Å². The van der Waals surface area contributed by atoms with E-state index in [0.29, 0.717) is 17.1 Å². The van der Waals surface area contributed by atoms with Crippen LogP contribution in [0.25, 0.3) is 0 Å². The predicted octanol–water partition coefficient (Wildman–Crippen LogP) is 5.03. The van der Waals surface area contributed by atoms with Gasteiger partial charge < -0.3 is 10.2 Å². The summed E-state index contributed by atoms with van der Waals surface area (Å²) in [6.07, 6.45) is 1.82. The molecule has 0 aliphatic rings. The molecule has 3 aromatic carbocycles. The normalized spacial score (nSPS) is 12.0. The Bertz CT molecular complexity index is 1340. The lowest BCUT2D eigenvalue weighted by Gasteiger charge is -2.31. The molecule has 2 amide bonds. The summed E-state index contributed by atoms with van der Waals surface area (Å²) in [4.78, 5) is 28.3. The molecule has 0 aliphatic heterocycles.